The molecule has 0 aliphatic heterocycles. The summed E-state index contributed by atoms with van der Waals surface area (Å²) in [6.45, 7) is 5.36. The predicted octanol–water partition coefficient (Wildman–Crippen LogP) is 3.37. The lowest BCUT2D eigenvalue weighted by atomic mass is 9.79. The van der Waals surface area contributed by atoms with Crippen molar-refractivity contribution in [2.24, 2.45) is 5.41 Å². The van der Waals surface area contributed by atoms with Crippen LogP contribution in [0.5, 0.6) is 0 Å². The van der Waals surface area contributed by atoms with Gasteiger partial charge in [0, 0.05) is 6.42 Å². The number of pyridine rings is 1. The van der Waals surface area contributed by atoms with Crippen LogP contribution in [0.2, 0.25) is 0 Å². The van der Waals surface area contributed by atoms with Crippen LogP contribution in [0.25, 0.3) is 0 Å². The van der Waals surface area contributed by atoms with E-state index in [1.54, 1.807) is 32.9 Å². The van der Waals surface area contributed by atoms with Gasteiger partial charge in [0.15, 0.2) is 0 Å². The maximum Gasteiger partial charge on any atom is 0.310 e. The van der Waals surface area contributed by atoms with Crippen molar-refractivity contribution < 1.29 is 14.7 Å². The van der Waals surface area contributed by atoms with Crippen LogP contribution in [0.15, 0.2) is 16.7 Å². The second kappa shape index (κ2) is 6.83. The van der Waals surface area contributed by atoms with E-state index < -0.39 is 11.4 Å². The van der Waals surface area contributed by atoms with Gasteiger partial charge in [-0.1, -0.05) is 13.8 Å². The topological polar surface area (TPSA) is 79.3 Å². The van der Waals surface area contributed by atoms with Crippen LogP contribution in [0, 0.1) is 12.3 Å². The molecule has 0 saturated heterocycles. The maximum atomic E-state index is 12.1. The first-order chi connectivity index (χ1) is 9.34. The van der Waals surface area contributed by atoms with Gasteiger partial charge in [0.2, 0.25) is 5.91 Å². The number of carbonyl (C=O) groups excluding carboxylic acids is 1. The van der Waals surface area contributed by atoms with Crippen molar-refractivity contribution in [2.45, 2.75) is 40.0 Å². The molecule has 0 unspecified atom stereocenters. The Morgan fingerprint density at radius 3 is 2.40 bits per heavy atom. The molecule has 1 rings (SSSR count). The molecule has 1 aromatic rings. The van der Waals surface area contributed by atoms with Crippen LogP contribution in [0.1, 0.15) is 38.8 Å². The summed E-state index contributed by atoms with van der Waals surface area (Å²) in [5, 5.41) is 12.1. The summed E-state index contributed by atoms with van der Waals surface area (Å²) in [6, 6.07) is 3.47. The van der Waals surface area contributed by atoms with Crippen molar-refractivity contribution in [3.63, 3.8) is 0 Å². The zero-order valence-corrected chi connectivity index (χ0v) is 13.5. The fourth-order valence-electron chi connectivity index (χ4n) is 2.04. The number of amides is 1. The average molecular weight is 343 g/mol. The number of anilines is 1. The Morgan fingerprint density at radius 2 is 1.95 bits per heavy atom. The summed E-state index contributed by atoms with van der Waals surface area (Å²) in [4.78, 5) is 27.6. The molecule has 0 aliphatic rings. The van der Waals surface area contributed by atoms with Gasteiger partial charge in [0.05, 0.1) is 16.8 Å². The van der Waals surface area contributed by atoms with Crippen molar-refractivity contribution >= 4 is 33.5 Å². The molecule has 0 aromatic carbocycles. The first-order valence-electron chi connectivity index (χ1n) is 6.51. The second-order valence-corrected chi connectivity index (χ2v) is 5.60. The largest absolute Gasteiger partial charge is 0.481 e. The van der Waals surface area contributed by atoms with Crippen LogP contribution in [-0.4, -0.2) is 22.0 Å². The number of hydrogen-bond acceptors (Lipinski definition) is 3. The summed E-state index contributed by atoms with van der Waals surface area (Å²) in [5.74, 6) is -1.23. The van der Waals surface area contributed by atoms with Crippen LogP contribution >= 0.6 is 15.9 Å². The standard InChI is InChI=1S/C14H19BrN2O3/c1-4-14(5-2,13(19)20)8-12(18)17-10-6-7-11(15)16-9(10)3/h6-7H,4-5,8H2,1-3H3,(H,17,18)(H,19,20). The van der Waals surface area contributed by atoms with Crippen LogP contribution in [0.4, 0.5) is 5.69 Å². The minimum absolute atomic E-state index is 0.0369. The van der Waals surface area contributed by atoms with E-state index >= 15 is 0 Å². The zero-order valence-electron chi connectivity index (χ0n) is 11.9. The molecule has 0 fully saturated rings. The molecule has 1 heterocycles. The number of carboxylic acids is 1. The smallest absolute Gasteiger partial charge is 0.310 e. The molecular formula is C14H19BrN2O3. The molecule has 0 atom stereocenters. The molecule has 6 heteroatoms. The fraction of sp³-hybridized carbons (Fsp3) is 0.500. The van der Waals surface area contributed by atoms with Gasteiger partial charge in [-0.25, -0.2) is 4.98 Å². The normalized spacial score (nSPS) is 11.2. The number of aryl methyl sites for hydroxylation is 1. The molecule has 5 nitrogen and oxygen atoms in total. The maximum absolute atomic E-state index is 12.1. The quantitative estimate of drug-likeness (QED) is 0.776. The summed E-state index contributed by atoms with van der Waals surface area (Å²) in [5.41, 5.74) is 0.284. The van der Waals surface area contributed by atoms with Crippen molar-refractivity contribution in [1.82, 2.24) is 4.98 Å². The summed E-state index contributed by atoms with van der Waals surface area (Å²) in [6.07, 6.45) is 0.804. The van der Waals surface area contributed by atoms with Crippen molar-refractivity contribution in [3.05, 3.63) is 22.4 Å². The summed E-state index contributed by atoms with van der Waals surface area (Å²) in [7, 11) is 0. The van der Waals surface area contributed by atoms with Gasteiger partial charge in [-0.2, -0.15) is 0 Å². The van der Waals surface area contributed by atoms with Crippen LogP contribution in [-0.2, 0) is 9.59 Å². The van der Waals surface area contributed by atoms with E-state index in [1.807, 2.05) is 0 Å². The number of hydrogen-bond donors (Lipinski definition) is 2. The Hall–Kier alpha value is -1.43. The lowest BCUT2D eigenvalue weighted by Crippen LogP contribution is -2.34. The Kier molecular flexibility index (Phi) is 5.68. The molecule has 0 bridgehead atoms. The van der Waals surface area contributed by atoms with Crippen LogP contribution < -0.4 is 5.32 Å². The van der Waals surface area contributed by atoms with Gasteiger partial charge in [0.1, 0.15) is 4.60 Å². The Labute approximate surface area is 126 Å². The number of carbonyl (C=O) groups is 2. The molecule has 0 aliphatic carbocycles. The summed E-state index contributed by atoms with van der Waals surface area (Å²) >= 11 is 3.25. The molecule has 0 spiro atoms. The van der Waals surface area contributed by atoms with E-state index in [0.717, 1.165) is 0 Å². The van der Waals surface area contributed by atoms with E-state index in [1.165, 1.54) is 0 Å². The third-order valence-corrected chi connectivity index (χ3v) is 4.07. The van der Waals surface area contributed by atoms with Crippen molar-refractivity contribution in [3.8, 4) is 0 Å². The predicted molar refractivity (Wildman–Crippen MR) is 80.6 cm³/mol. The lowest BCUT2D eigenvalue weighted by Gasteiger charge is -2.25. The lowest BCUT2D eigenvalue weighted by molar-refractivity contribution is -0.151. The van der Waals surface area contributed by atoms with E-state index in [2.05, 4.69) is 26.2 Å². The first-order valence-corrected chi connectivity index (χ1v) is 7.30. The molecule has 2 N–H and O–H groups in total. The highest BCUT2D eigenvalue weighted by molar-refractivity contribution is 9.10. The molecule has 110 valence electrons. The zero-order chi connectivity index (χ0) is 15.3. The number of nitrogens with zero attached hydrogens (tertiary/aromatic N) is 1. The number of nitrogens with one attached hydrogen (secondary N) is 1. The Bertz CT molecular complexity index is 513. The Balaban J connectivity index is 2.83. The third-order valence-electron chi connectivity index (χ3n) is 3.63. The van der Waals surface area contributed by atoms with Gasteiger partial charge in [0.25, 0.3) is 0 Å². The fourth-order valence-corrected chi connectivity index (χ4v) is 2.44. The van der Waals surface area contributed by atoms with E-state index in [0.29, 0.717) is 28.8 Å². The number of carboxylic acid groups (broad SMARTS) is 1. The minimum Gasteiger partial charge on any atom is -0.481 e. The van der Waals surface area contributed by atoms with Gasteiger partial charge >= 0.3 is 5.97 Å². The first kappa shape index (κ1) is 16.6. The van der Waals surface area contributed by atoms with Crippen LogP contribution in [0.3, 0.4) is 0 Å². The third kappa shape index (κ3) is 3.79. The van der Waals surface area contributed by atoms with Gasteiger partial charge in [-0.15, -0.1) is 0 Å². The number of aliphatic carboxylic acids is 1. The van der Waals surface area contributed by atoms with Gasteiger partial charge < -0.3 is 10.4 Å². The van der Waals surface area contributed by atoms with E-state index in [-0.39, 0.29) is 12.3 Å². The molecule has 0 saturated carbocycles. The molecular weight excluding hydrogens is 324 g/mol. The van der Waals surface area contributed by atoms with Crippen molar-refractivity contribution in [2.75, 3.05) is 5.32 Å². The summed E-state index contributed by atoms with van der Waals surface area (Å²) < 4.78 is 0.690. The molecule has 1 amide bonds. The highest BCUT2D eigenvalue weighted by atomic mass is 79.9. The van der Waals surface area contributed by atoms with Gasteiger partial charge in [-0.05, 0) is 47.8 Å². The minimum atomic E-state index is -0.999. The van der Waals surface area contributed by atoms with E-state index in [4.69, 9.17) is 0 Å². The van der Waals surface area contributed by atoms with E-state index in [9.17, 15) is 14.7 Å². The molecule has 0 radical (unpaired) electrons. The SMILES string of the molecule is CCC(CC)(CC(=O)Nc1ccc(Br)nc1C)C(=O)O. The highest BCUT2D eigenvalue weighted by Gasteiger charge is 2.37. The molecule has 20 heavy (non-hydrogen) atoms. The number of rotatable bonds is 6. The second-order valence-electron chi connectivity index (χ2n) is 4.78. The van der Waals surface area contributed by atoms with Gasteiger partial charge in [-0.3, -0.25) is 9.59 Å². The molecule has 1 aromatic heterocycles. The number of aromatic nitrogens is 1. The average Bonchev–Trinajstić information content (AvgIpc) is 2.39. The monoisotopic (exact) mass is 342 g/mol. The van der Waals surface area contributed by atoms with Crippen molar-refractivity contribution in [1.29, 1.82) is 0 Å². The number of halogens is 1. The highest BCUT2D eigenvalue weighted by Crippen LogP contribution is 2.31. The Morgan fingerprint density at radius 1 is 1.35 bits per heavy atom.